The first-order valence-electron chi connectivity index (χ1n) is 8.04. The average Bonchev–Trinajstić information content (AvgIpc) is 3.10. The number of amides is 2. The van der Waals surface area contributed by atoms with E-state index in [1.807, 2.05) is 13.0 Å². The molecule has 6 nitrogen and oxygen atoms in total. The highest BCUT2D eigenvalue weighted by Gasteiger charge is 2.29. The van der Waals surface area contributed by atoms with Crippen LogP contribution in [0.5, 0.6) is 0 Å². The zero-order valence-corrected chi connectivity index (χ0v) is 13.6. The number of carbonyl (C=O) groups excluding carboxylic acids is 2. The second-order valence-corrected chi connectivity index (χ2v) is 5.82. The van der Waals surface area contributed by atoms with Crippen molar-refractivity contribution in [2.75, 3.05) is 19.6 Å². The zero-order valence-electron chi connectivity index (χ0n) is 13.6. The Balaban J connectivity index is 1.73. The van der Waals surface area contributed by atoms with Gasteiger partial charge >= 0.3 is 0 Å². The zero-order chi connectivity index (χ0) is 16.7. The minimum atomic E-state index is -0.179. The van der Waals surface area contributed by atoms with Crippen LogP contribution in [0.15, 0.2) is 35.5 Å². The molecule has 1 aliphatic heterocycles. The van der Waals surface area contributed by atoms with Gasteiger partial charge < -0.3 is 15.1 Å². The molecule has 1 aromatic rings. The second-order valence-electron chi connectivity index (χ2n) is 5.82. The van der Waals surface area contributed by atoms with E-state index < -0.39 is 0 Å². The van der Waals surface area contributed by atoms with Crippen LogP contribution in [0.3, 0.4) is 0 Å². The van der Waals surface area contributed by atoms with Crippen molar-refractivity contribution < 1.29 is 14.0 Å². The first kappa shape index (κ1) is 17.3. The summed E-state index contributed by atoms with van der Waals surface area (Å²) < 4.78 is 5.20. The van der Waals surface area contributed by atoms with Gasteiger partial charge in [-0.05, 0) is 45.0 Å². The Hall–Kier alpha value is -2.08. The Kier molecular flexibility index (Phi) is 6.40. The van der Waals surface area contributed by atoms with E-state index in [0.717, 1.165) is 31.7 Å². The van der Waals surface area contributed by atoms with E-state index in [1.54, 1.807) is 18.4 Å². The summed E-state index contributed by atoms with van der Waals surface area (Å²) in [5.41, 5.74) is 0. The lowest BCUT2D eigenvalue weighted by Crippen LogP contribution is -2.49. The molecule has 0 spiro atoms. The highest BCUT2D eigenvalue weighted by atomic mass is 16.3. The molecule has 126 valence electrons. The summed E-state index contributed by atoms with van der Waals surface area (Å²) in [4.78, 5) is 26.3. The van der Waals surface area contributed by atoms with Crippen LogP contribution in [0.1, 0.15) is 25.5 Å². The van der Waals surface area contributed by atoms with Gasteiger partial charge in [0.1, 0.15) is 5.76 Å². The standard InChI is InChI=1S/C17H25N3O3/c1-3-8-18-16(21)13(2)20-9-6-14(7-10-20)17(22)19-12-15-5-4-11-23-15/h3-5,11,13-14H,1,6-10,12H2,2H3,(H,18,21)(H,19,22). The van der Waals surface area contributed by atoms with Gasteiger partial charge in [-0.3, -0.25) is 14.5 Å². The van der Waals surface area contributed by atoms with Crippen LogP contribution >= 0.6 is 0 Å². The summed E-state index contributed by atoms with van der Waals surface area (Å²) in [5, 5.41) is 5.72. The van der Waals surface area contributed by atoms with E-state index >= 15 is 0 Å². The molecule has 23 heavy (non-hydrogen) atoms. The third-order valence-electron chi connectivity index (χ3n) is 4.27. The Morgan fingerprint density at radius 2 is 2.17 bits per heavy atom. The van der Waals surface area contributed by atoms with E-state index in [0.29, 0.717) is 13.1 Å². The van der Waals surface area contributed by atoms with Crippen molar-refractivity contribution in [1.82, 2.24) is 15.5 Å². The van der Waals surface area contributed by atoms with E-state index in [1.165, 1.54) is 0 Å². The number of nitrogens with one attached hydrogen (secondary N) is 2. The van der Waals surface area contributed by atoms with E-state index in [-0.39, 0.29) is 23.8 Å². The largest absolute Gasteiger partial charge is 0.467 e. The van der Waals surface area contributed by atoms with Crippen molar-refractivity contribution in [2.24, 2.45) is 5.92 Å². The minimum Gasteiger partial charge on any atom is -0.467 e. The van der Waals surface area contributed by atoms with Crippen molar-refractivity contribution in [3.05, 3.63) is 36.8 Å². The van der Waals surface area contributed by atoms with E-state index in [9.17, 15) is 9.59 Å². The molecule has 1 fully saturated rings. The SMILES string of the molecule is C=CCNC(=O)C(C)N1CCC(C(=O)NCc2ccco2)CC1. The third kappa shape index (κ3) is 4.96. The van der Waals surface area contributed by atoms with Gasteiger partial charge in [-0.15, -0.1) is 6.58 Å². The lowest BCUT2D eigenvalue weighted by Gasteiger charge is -2.34. The van der Waals surface area contributed by atoms with Gasteiger partial charge in [0.05, 0.1) is 18.8 Å². The smallest absolute Gasteiger partial charge is 0.237 e. The molecule has 2 amide bonds. The topological polar surface area (TPSA) is 74.6 Å². The number of hydrogen-bond acceptors (Lipinski definition) is 4. The first-order chi connectivity index (χ1) is 11.1. The molecule has 1 aliphatic rings. The number of likely N-dealkylation sites (tertiary alicyclic amines) is 1. The van der Waals surface area contributed by atoms with Crippen LogP contribution in [0.4, 0.5) is 0 Å². The van der Waals surface area contributed by atoms with Crippen LogP contribution in [0.2, 0.25) is 0 Å². The Morgan fingerprint density at radius 3 is 2.78 bits per heavy atom. The van der Waals surface area contributed by atoms with Gasteiger partial charge in [-0.2, -0.15) is 0 Å². The molecule has 6 heteroatoms. The number of nitrogens with zero attached hydrogens (tertiary/aromatic N) is 1. The molecular formula is C17H25N3O3. The van der Waals surface area contributed by atoms with Crippen molar-refractivity contribution in [3.63, 3.8) is 0 Å². The highest BCUT2D eigenvalue weighted by molar-refractivity contribution is 5.81. The number of furan rings is 1. The van der Waals surface area contributed by atoms with Crippen molar-refractivity contribution >= 4 is 11.8 Å². The molecule has 2 N–H and O–H groups in total. The fraction of sp³-hybridized carbons (Fsp3) is 0.529. The summed E-state index contributed by atoms with van der Waals surface area (Å²) in [7, 11) is 0. The van der Waals surface area contributed by atoms with Crippen molar-refractivity contribution in [1.29, 1.82) is 0 Å². The quantitative estimate of drug-likeness (QED) is 0.743. The Morgan fingerprint density at radius 1 is 1.43 bits per heavy atom. The molecule has 2 heterocycles. The lowest BCUT2D eigenvalue weighted by atomic mass is 9.95. The number of hydrogen-bond donors (Lipinski definition) is 2. The average molecular weight is 319 g/mol. The molecule has 0 saturated carbocycles. The van der Waals surface area contributed by atoms with Crippen molar-refractivity contribution in [3.8, 4) is 0 Å². The van der Waals surface area contributed by atoms with Gasteiger partial charge in [0.15, 0.2) is 0 Å². The lowest BCUT2D eigenvalue weighted by molar-refractivity contribution is -0.128. The fourth-order valence-electron chi connectivity index (χ4n) is 2.77. The van der Waals surface area contributed by atoms with Gasteiger partial charge in [0.2, 0.25) is 11.8 Å². The predicted octanol–water partition coefficient (Wildman–Crippen LogP) is 1.30. The number of carbonyl (C=O) groups is 2. The summed E-state index contributed by atoms with van der Waals surface area (Å²) in [6, 6.07) is 3.47. The summed E-state index contributed by atoms with van der Waals surface area (Å²) >= 11 is 0. The molecular weight excluding hydrogens is 294 g/mol. The third-order valence-corrected chi connectivity index (χ3v) is 4.27. The molecule has 0 aliphatic carbocycles. The van der Waals surface area contributed by atoms with Crippen LogP contribution in [0, 0.1) is 5.92 Å². The molecule has 0 aromatic carbocycles. The van der Waals surface area contributed by atoms with Crippen molar-refractivity contribution in [2.45, 2.75) is 32.4 Å². The van der Waals surface area contributed by atoms with Gasteiger partial charge in [0, 0.05) is 12.5 Å². The van der Waals surface area contributed by atoms with Gasteiger partial charge in [-0.25, -0.2) is 0 Å². The van der Waals surface area contributed by atoms with Gasteiger partial charge in [-0.1, -0.05) is 6.08 Å². The van der Waals surface area contributed by atoms with Crippen LogP contribution in [-0.2, 0) is 16.1 Å². The molecule has 2 rings (SSSR count). The summed E-state index contributed by atoms with van der Waals surface area (Å²) in [5.74, 6) is 0.823. The maximum atomic E-state index is 12.2. The van der Waals surface area contributed by atoms with Crippen LogP contribution < -0.4 is 10.6 Å². The van der Waals surface area contributed by atoms with Crippen LogP contribution in [-0.4, -0.2) is 42.4 Å². The van der Waals surface area contributed by atoms with E-state index in [4.69, 9.17) is 4.42 Å². The normalized spacial score (nSPS) is 17.4. The summed E-state index contributed by atoms with van der Waals surface area (Å²) in [6.07, 6.45) is 4.80. The molecule has 1 saturated heterocycles. The first-order valence-corrected chi connectivity index (χ1v) is 8.04. The molecule has 1 unspecified atom stereocenters. The minimum absolute atomic E-state index is 0.00430. The molecule has 1 aromatic heterocycles. The number of rotatable bonds is 7. The second kappa shape index (κ2) is 8.53. The number of piperidine rings is 1. The molecule has 0 bridgehead atoms. The molecule has 0 radical (unpaired) electrons. The maximum Gasteiger partial charge on any atom is 0.237 e. The summed E-state index contributed by atoms with van der Waals surface area (Å²) in [6.45, 7) is 7.90. The highest BCUT2D eigenvalue weighted by Crippen LogP contribution is 2.19. The molecule has 1 atom stereocenters. The predicted molar refractivity (Wildman–Crippen MR) is 87.5 cm³/mol. The Bertz CT molecular complexity index is 519. The Labute approximate surface area is 136 Å². The fourth-order valence-corrected chi connectivity index (χ4v) is 2.77. The van der Waals surface area contributed by atoms with Crippen LogP contribution in [0.25, 0.3) is 0 Å². The van der Waals surface area contributed by atoms with Gasteiger partial charge in [0.25, 0.3) is 0 Å². The maximum absolute atomic E-state index is 12.2. The monoisotopic (exact) mass is 319 g/mol. The van der Waals surface area contributed by atoms with E-state index in [2.05, 4.69) is 22.1 Å².